The first-order valence-corrected chi connectivity index (χ1v) is 9.71. The Labute approximate surface area is 148 Å². The maximum Gasteiger partial charge on any atom is 0.136 e. The molecule has 0 aliphatic carbocycles. The second-order valence-corrected chi connectivity index (χ2v) is 8.13. The smallest absolute Gasteiger partial charge is 0.136 e. The van der Waals surface area contributed by atoms with Gasteiger partial charge in [-0.15, -0.1) is 0 Å². The van der Waals surface area contributed by atoms with E-state index in [9.17, 15) is 15.0 Å². The third kappa shape index (κ3) is 4.80. The van der Waals surface area contributed by atoms with Gasteiger partial charge in [0.05, 0.1) is 11.2 Å². The Kier molecular flexibility index (Phi) is 8.37. The molecule has 1 aliphatic heterocycles. The van der Waals surface area contributed by atoms with Gasteiger partial charge in [0, 0.05) is 32.0 Å². The van der Waals surface area contributed by atoms with Crippen molar-refractivity contribution in [2.75, 3.05) is 13.2 Å². The number of carbonyl (C=O) groups excluding carboxylic acids is 1. The lowest BCUT2D eigenvalue weighted by atomic mass is 9.65. The molecule has 0 saturated carbocycles. The minimum atomic E-state index is -1.08. The van der Waals surface area contributed by atoms with Crippen molar-refractivity contribution < 1.29 is 19.7 Å². The fourth-order valence-corrected chi connectivity index (χ4v) is 4.28. The molecule has 2 N–H and O–H groups in total. The summed E-state index contributed by atoms with van der Waals surface area (Å²) in [5, 5.41) is 20.8. The number of ether oxygens (including phenoxy) is 1. The Morgan fingerprint density at radius 1 is 1.25 bits per heavy atom. The van der Waals surface area contributed by atoms with E-state index in [1.807, 2.05) is 13.8 Å². The van der Waals surface area contributed by atoms with Gasteiger partial charge in [-0.25, -0.2) is 0 Å². The zero-order chi connectivity index (χ0) is 18.4. The zero-order valence-corrected chi connectivity index (χ0v) is 16.3. The van der Waals surface area contributed by atoms with Crippen LogP contribution in [0.1, 0.15) is 79.6 Å². The number of ketones is 1. The van der Waals surface area contributed by atoms with Crippen molar-refractivity contribution in [3.63, 3.8) is 0 Å². The fraction of sp³-hybridized carbons (Fsp3) is 0.950. The Morgan fingerprint density at radius 3 is 2.46 bits per heavy atom. The van der Waals surface area contributed by atoms with Crippen LogP contribution in [0.25, 0.3) is 0 Å². The van der Waals surface area contributed by atoms with Crippen LogP contribution in [0.4, 0.5) is 0 Å². The van der Waals surface area contributed by atoms with Crippen LogP contribution in [0.2, 0.25) is 0 Å². The van der Waals surface area contributed by atoms with E-state index in [4.69, 9.17) is 4.74 Å². The average Bonchev–Trinajstić information content (AvgIpc) is 2.65. The summed E-state index contributed by atoms with van der Waals surface area (Å²) in [6, 6.07) is 0. The first kappa shape index (κ1) is 21.6. The van der Waals surface area contributed by atoms with Crippen LogP contribution in [0.15, 0.2) is 0 Å². The van der Waals surface area contributed by atoms with Crippen molar-refractivity contribution in [2.45, 2.75) is 90.8 Å². The molecule has 2 unspecified atom stereocenters. The number of rotatable bonds is 9. The van der Waals surface area contributed by atoms with E-state index in [2.05, 4.69) is 20.8 Å². The van der Waals surface area contributed by atoms with Crippen molar-refractivity contribution in [3.05, 3.63) is 0 Å². The molecular formula is C20H38O4. The Balaban J connectivity index is 3.10. The molecule has 0 aromatic carbocycles. The molecule has 0 bridgehead atoms. The quantitative estimate of drug-likeness (QED) is 0.670. The van der Waals surface area contributed by atoms with Gasteiger partial charge in [0.1, 0.15) is 5.78 Å². The van der Waals surface area contributed by atoms with Crippen LogP contribution < -0.4 is 0 Å². The lowest BCUT2D eigenvalue weighted by Gasteiger charge is -2.49. The maximum absolute atomic E-state index is 12.7. The van der Waals surface area contributed by atoms with Crippen molar-refractivity contribution in [2.24, 2.45) is 17.8 Å². The lowest BCUT2D eigenvalue weighted by Crippen LogP contribution is -2.59. The topological polar surface area (TPSA) is 66.8 Å². The predicted molar refractivity (Wildman–Crippen MR) is 96.9 cm³/mol. The van der Waals surface area contributed by atoms with Gasteiger partial charge in [0.15, 0.2) is 0 Å². The van der Waals surface area contributed by atoms with E-state index < -0.39 is 11.2 Å². The molecule has 1 fully saturated rings. The van der Waals surface area contributed by atoms with E-state index in [0.29, 0.717) is 25.9 Å². The Morgan fingerprint density at radius 2 is 1.92 bits per heavy atom. The van der Waals surface area contributed by atoms with Gasteiger partial charge in [-0.3, -0.25) is 4.79 Å². The van der Waals surface area contributed by atoms with Gasteiger partial charge < -0.3 is 14.9 Å². The van der Waals surface area contributed by atoms with Crippen LogP contribution in [0.3, 0.4) is 0 Å². The van der Waals surface area contributed by atoms with Crippen molar-refractivity contribution >= 4 is 5.78 Å². The molecule has 4 atom stereocenters. The molecule has 0 spiro atoms. The van der Waals surface area contributed by atoms with Crippen molar-refractivity contribution in [3.8, 4) is 0 Å². The Hall–Kier alpha value is -0.450. The highest BCUT2D eigenvalue weighted by Gasteiger charge is 2.54. The van der Waals surface area contributed by atoms with Crippen molar-refractivity contribution in [1.29, 1.82) is 0 Å². The van der Waals surface area contributed by atoms with Crippen LogP contribution in [-0.2, 0) is 9.53 Å². The number of hydrogen-bond donors (Lipinski definition) is 2. The molecule has 4 heteroatoms. The minimum absolute atomic E-state index is 0.0524. The maximum atomic E-state index is 12.7. The van der Waals surface area contributed by atoms with Gasteiger partial charge in [-0.1, -0.05) is 34.1 Å². The first-order chi connectivity index (χ1) is 11.2. The molecule has 0 radical (unpaired) electrons. The highest BCUT2D eigenvalue weighted by atomic mass is 16.5. The monoisotopic (exact) mass is 342 g/mol. The third-order valence-corrected chi connectivity index (χ3v) is 6.04. The number of Topliss-reactive ketones (excluding diaryl/α,β-unsaturated/α-hetero) is 1. The molecule has 4 nitrogen and oxygen atoms in total. The SMILES string of the molecule is CCCC(C)C(=O)CC(C(C)C)[C@]1(C)OCCCC[C@@]1(O)CCO. The number of hydrogen-bond acceptors (Lipinski definition) is 4. The highest BCUT2D eigenvalue weighted by molar-refractivity contribution is 5.81. The van der Waals surface area contributed by atoms with E-state index in [1.165, 1.54) is 0 Å². The predicted octanol–water partition coefficient (Wildman–Crippen LogP) is 3.73. The second kappa shape index (κ2) is 9.30. The van der Waals surface area contributed by atoms with Crippen LogP contribution >= 0.6 is 0 Å². The van der Waals surface area contributed by atoms with E-state index in [1.54, 1.807) is 0 Å². The number of carbonyl (C=O) groups is 1. The number of aliphatic hydroxyl groups excluding tert-OH is 1. The first-order valence-electron chi connectivity index (χ1n) is 9.71. The standard InChI is InChI=1S/C20H38O4/c1-6-9-16(4)18(22)14-17(15(2)3)19(5)20(23,11-12-21)10-7-8-13-24-19/h15-17,21,23H,6-14H2,1-5H3/t16?,17?,19-,20+/m0/s1. The molecule has 1 aliphatic rings. The molecule has 1 rings (SSSR count). The van der Waals surface area contributed by atoms with Crippen LogP contribution in [-0.4, -0.2) is 40.4 Å². The summed E-state index contributed by atoms with van der Waals surface area (Å²) in [4.78, 5) is 12.7. The number of aliphatic hydroxyl groups is 2. The molecule has 1 heterocycles. The summed E-state index contributed by atoms with van der Waals surface area (Å²) in [7, 11) is 0. The fourth-order valence-electron chi connectivity index (χ4n) is 4.28. The third-order valence-electron chi connectivity index (χ3n) is 6.04. The lowest BCUT2D eigenvalue weighted by molar-refractivity contribution is -0.210. The zero-order valence-electron chi connectivity index (χ0n) is 16.3. The summed E-state index contributed by atoms with van der Waals surface area (Å²) in [6.45, 7) is 10.8. The minimum Gasteiger partial charge on any atom is -0.396 e. The molecular weight excluding hydrogens is 304 g/mol. The summed E-state index contributed by atoms with van der Waals surface area (Å²) >= 11 is 0. The van der Waals surface area contributed by atoms with E-state index in [-0.39, 0.29) is 30.1 Å². The van der Waals surface area contributed by atoms with Gasteiger partial charge in [-0.2, -0.15) is 0 Å². The normalized spacial score (nSPS) is 30.8. The Bertz CT molecular complexity index is 395. The highest BCUT2D eigenvalue weighted by Crippen LogP contribution is 2.45. The van der Waals surface area contributed by atoms with Crippen LogP contribution in [0, 0.1) is 17.8 Å². The molecule has 1 saturated heterocycles. The van der Waals surface area contributed by atoms with Crippen molar-refractivity contribution in [1.82, 2.24) is 0 Å². The molecule has 0 amide bonds. The summed E-state index contributed by atoms with van der Waals surface area (Å²) in [6.07, 6.45) is 5.05. The molecule has 0 aromatic rings. The van der Waals surface area contributed by atoms with Gasteiger partial charge in [0.2, 0.25) is 0 Å². The van der Waals surface area contributed by atoms with Gasteiger partial charge in [0.25, 0.3) is 0 Å². The second-order valence-electron chi connectivity index (χ2n) is 8.13. The largest absolute Gasteiger partial charge is 0.396 e. The van der Waals surface area contributed by atoms with Gasteiger partial charge >= 0.3 is 0 Å². The average molecular weight is 343 g/mol. The molecule has 142 valence electrons. The molecule has 24 heavy (non-hydrogen) atoms. The van der Waals surface area contributed by atoms with E-state index in [0.717, 1.165) is 25.7 Å². The molecule has 0 aromatic heterocycles. The van der Waals surface area contributed by atoms with E-state index >= 15 is 0 Å². The van der Waals surface area contributed by atoms with Gasteiger partial charge in [-0.05, 0) is 44.4 Å². The summed E-state index contributed by atoms with van der Waals surface area (Å²) in [5.74, 6) is 0.475. The summed E-state index contributed by atoms with van der Waals surface area (Å²) < 4.78 is 6.21. The summed E-state index contributed by atoms with van der Waals surface area (Å²) in [5.41, 5.74) is -1.89. The van der Waals surface area contributed by atoms with Crippen LogP contribution in [0.5, 0.6) is 0 Å².